The Morgan fingerprint density at radius 2 is 1.97 bits per heavy atom. The van der Waals surface area contributed by atoms with Crippen LogP contribution in [0.3, 0.4) is 0 Å². The van der Waals surface area contributed by atoms with Gasteiger partial charge in [-0.2, -0.15) is 0 Å². The highest BCUT2D eigenvalue weighted by molar-refractivity contribution is 6.30. The second kappa shape index (κ2) is 10.5. The highest BCUT2D eigenvalue weighted by Crippen LogP contribution is 2.16. The number of rotatable bonds is 6. The van der Waals surface area contributed by atoms with Gasteiger partial charge >= 0.3 is 6.03 Å². The number of hydrogen-bond donors (Lipinski definition) is 1. The molecule has 1 saturated heterocycles. The van der Waals surface area contributed by atoms with Gasteiger partial charge in [-0.25, -0.2) is 9.78 Å². The molecule has 1 N–H and O–H groups in total. The number of nitrogens with one attached hydrogen (secondary N) is 1. The second-order valence-electron chi connectivity index (χ2n) is 7.54. The molecule has 0 atom stereocenters. The summed E-state index contributed by atoms with van der Waals surface area (Å²) in [7, 11) is 0. The Hall–Kier alpha value is -2.31. The Bertz CT molecular complexity index is 798. The van der Waals surface area contributed by atoms with Gasteiger partial charge in [-0.15, -0.1) is 0 Å². The quantitative estimate of drug-likeness (QED) is 0.774. The van der Waals surface area contributed by atoms with Crippen LogP contribution in [0.4, 0.5) is 4.79 Å². The molecule has 1 aliphatic heterocycles. The molecule has 1 aromatic carbocycles. The van der Waals surface area contributed by atoms with Crippen LogP contribution in [-0.4, -0.2) is 53.1 Å². The molecule has 0 radical (unpaired) electrons. The van der Waals surface area contributed by atoms with Gasteiger partial charge in [0.05, 0.1) is 6.10 Å². The topological polar surface area (TPSA) is 57.7 Å². The lowest BCUT2D eigenvalue weighted by molar-refractivity contribution is 0.196. The van der Waals surface area contributed by atoms with Crippen LogP contribution < -0.4 is 10.1 Å². The molecular formula is C22H29ClN4O2. The maximum atomic E-state index is 12.7. The van der Waals surface area contributed by atoms with Gasteiger partial charge in [-0.1, -0.05) is 29.8 Å². The number of carbonyl (C=O) groups is 1. The first-order chi connectivity index (χ1) is 14.0. The average molecular weight is 417 g/mol. The van der Waals surface area contributed by atoms with Crippen LogP contribution in [-0.2, 0) is 13.1 Å². The predicted molar refractivity (Wildman–Crippen MR) is 115 cm³/mol. The van der Waals surface area contributed by atoms with E-state index in [4.69, 9.17) is 16.3 Å². The number of aromatic nitrogens is 1. The number of hydrogen-bond acceptors (Lipinski definition) is 4. The predicted octanol–water partition coefficient (Wildman–Crippen LogP) is 3.94. The lowest BCUT2D eigenvalue weighted by atomic mass is 10.2. The number of ether oxygens (including phenoxy) is 1. The molecule has 0 bridgehead atoms. The number of benzene rings is 1. The molecule has 3 rings (SSSR count). The molecule has 29 heavy (non-hydrogen) atoms. The van der Waals surface area contributed by atoms with E-state index in [9.17, 15) is 4.79 Å². The number of carbonyl (C=O) groups excluding carboxylic acids is 1. The van der Waals surface area contributed by atoms with E-state index < -0.39 is 0 Å². The molecule has 6 nitrogen and oxygen atoms in total. The zero-order valence-corrected chi connectivity index (χ0v) is 17.9. The number of nitrogens with zero attached hydrogens (tertiary/aromatic N) is 3. The average Bonchev–Trinajstić information content (AvgIpc) is 2.94. The summed E-state index contributed by atoms with van der Waals surface area (Å²) in [6, 6.07) is 11.7. The van der Waals surface area contributed by atoms with Crippen molar-refractivity contribution in [2.24, 2.45) is 0 Å². The highest BCUT2D eigenvalue weighted by atomic mass is 35.5. The fourth-order valence-electron chi connectivity index (χ4n) is 3.35. The van der Waals surface area contributed by atoms with Crippen LogP contribution in [0.15, 0.2) is 42.6 Å². The van der Waals surface area contributed by atoms with Crippen molar-refractivity contribution in [3.8, 4) is 5.88 Å². The molecule has 0 spiro atoms. The Labute approximate surface area is 177 Å². The van der Waals surface area contributed by atoms with Gasteiger partial charge in [-0.05, 0) is 44.0 Å². The summed E-state index contributed by atoms with van der Waals surface area (Å²) < 4.78 is 5.73. The van der Waals surface area contributed by atoms with Crippen molar-refractivity contribution < 1.29 is 9.53 Å². The smallest absolute Gasteiger partial charge is 0.317 e. The fourth-order valence-corrected chi connectivity index (χ4v) is 3.48. The molecule has 1 aliphatic rings. The SMILES string of the molecule is CC(C)Oc1ncccc1CNC(=O)N1CCCN(Cc2ccc(Cl)cc2)CC1. The Morgan fingerprint density at radius 1 is 1.17 bits per heavy atom. The Kier molecular flexibility index (Phi) is 7.72. The van der Waals surface area contributed by atoms with Gasteiger partial charge in [0.2, 0.25) is 5.88 Å². The van der Waals surface area contributed by atoms with Gasteiger partial charge in [0.1, 0.15) is 0 Å². The van der Waals surface area contributed by atoms with Gasteiger partial charge in [0.15, 0.2) is 0 Å². The maximum absolute atomic E-state index is 12.7. The normalized spacial score (nSPS) is 15.2. The number of pyridine rings is 1. The summed E-state index contributed by atoms with van der Waals surface area (Å²) in [5.74, 6) is 0.577. The third kappa shape index (κ3) is 6.61. The zero-order chi connectivity index (χ0) is 20.6. The minimum atomic E-state index is -0.0438. The number of halogens is 1. The lowest BCUT2D eigenvalue weighted by Gasteiger charge is -2.22. The highest BCUT2D eigenvalue weighted by Gasteiger charge is 2.19. The Balaban J connectivity index is 1.50. The van der Waals surface area contributed by atoms with E-state index in [1.54, 1.807) is 6.20 Å². The van der Waals surface area contributed by atoms with E-state index in [0.29, 0.717) is 19.0 Å². The minimum absolute atomic E-state index is 0.0385. The first-order valence-electron chi connectivity index (χ1n) is 10.1. The number of amides is 2. The molecule has 156 valence electrons. The Morgan fingerprint density at radius 3 is 2.72 bits per heavy atom. The third-order valence-corrected chi connectivity index (χ3v) is 5.07. The summed E-state index contributed by atoms with van der Waals surface area (Å²) in [6.07, 6.45) is 2.69. The van der Waals surface area contributed by atoms with Gasteiger partial charge in [-0.3, -0.25) is 4.90 Å². The van der Waals surface area contributed by atoms with Crippen molar-refractivity contribution in [3.05, 3.63) is 58.7 Å². The molecule has 0 aliphatic carbocycles. The molecule has 1 aromatic heterocycles. The van der Waals surface area contributed by atoms with Crippen molar-refractivity contribution in [1.29, 1.82) is 0 Å². The molecule has 0 saturated carbocycles. The standard InChI is InChI=1S/C22H29ClN4O2/c1-17(2)29-21-19(5-3-10-24-21)15-25-22(28)27-12-4-11-26(13-14-27)16-18-6-8-20(23)9-7-18/h3,5-10,17H,4,11-16H2,1-2H3,(H,25,28). The summed E-state index contributed by atoms with van der Waals surface area (Å²) in [6.45, 7) is 8.49. The van der Waals surface area contributed by atoms with E-state index in [1.807, 2.05) is 43.0 Å². The summed E-state index contributed by atoms with van der Waals surface area (Å²) in [4.78, 5) is 21.2. The van der Waals surface area contributed by atoms with Gasteiger partial charge in [0.25, 0.3) is 0 Å². The monoisotopic (exact) mass is 416 g/mol. The molecule has 0 unspecified atom stereocenters. The summed E-state index contributed by atoms with van der Waals surface area (Å²) in [5, 5.41) is 3.77. The summed E-state index contributed by atoms with van der Waals surface area (Å²) in [5.41, 5.74) is 2.12. The largest absolute Gasteiger partial charge is 0.475 e. The third-order valence-electron chi connectivity index (χ3n) is 4.82. The van der Waals surface area contributed by atoms with Crippen molar-refractivity contribution in [2.45, 2.75) is 39.5 Å². The van der Waals surface area contributed by atoms with Crippen LogP contribution in [0.1, 0.15) is 31.4 Å². The lowest BCUT2D eigenvalue weighted by Crippen LogP contribution is -2.41. The molecule has 1 fully saturated rings. The van der Waals surface area contributed by atoms with Crippen LogP contribution in [0.2, 0.25) is 5.02 Å². The van der Waals surface area contributed by atoms with Crippen molar-refractivity contribution in [3.63, 3.8) is 0 Å². The van der Waals surface area contributed by atoms with Crippen LogP contribution in [0.5, 0.6) is 5.88 Å². The van der Waals surface area contributed by atoms with Crippen LogP contribution >= 0.6 is 11.6 Å². The van der Waals surface area contributed by atoms with E-state index in [0.717, 1.165) is 43.2 Å². The zero-order valence-electron chi connectivity index (χ0n) is 17.1. The molecule has 2 amide bonds. The molecule has 7 heteroatoms. The first-order valence-corrected chi connectivity index (χ1v) is 10.5. The minimum Gasteiger partial charge on any atom is -0.475 e. The van der Waals surface area contributed by atoms with Crippen LogP contribution in [0.25, 0.3) is 0 Å². The summed E-state index contributed by atoms with van der Waals surface area (Å²) >= 11 is 5.97. The number of urea groups is 1. The van der Waals surface area contributed by atoms with E-state index in [-0.39, 0.29) is 12.1 Å². The molecular weight excluding hydrogens is 388 g/mol. The second-order valence-corrected chi connectivity index (χ2v) is 7.97. The van der Waals surface area contributed by atoms with Crippen molar-refractivity contribution in [1.82, 2.24) is 20.1 Å². The van der Waals surface area contributed by atoms with Crippen LogP contribution in [0, 0.1) is 0 Å². The van der Waals surface area contributed by atoms with Gasteiger partial charge in [0, 0.05) is 56.1 Å². The van der Waals surface area contributed by atoms with Crippen molar-refractivity contribution >= 4 is 17.6 Å². The molecule has 2 heterocycles. The molecule has 2 aromatic rings. The van der Waals surface area contributed by atoms with Gasteiger partial charge < -0.3 is 15.0 Å². The van der Waals surface area contributed by atoms with E-state index in [1.165, 1.54) is 5.56 Å². The van der Waals surface area contributed by atoms with E-state index in [2.05, 4.69) is 27.3 Å². The fraction of sp³-hybridized carbons (Fsp3) is 0.455. The van der Waals surface area contributed by atoms with Crippen molar-refractivity contribution in [2.75, 3.05) is 26.2 Å². The maximum Gasteiger partial charge on any atom is 0.317 e. The first kappa shape index (κ1) is 21.4. The van der Waals surface area contributed by atoms with E-state index >= 15 is 0 Å².